The summed E-state index contributed by atoms with van der Waals surface area (Å²) in [6.45, 7) is 0.653. The van der Waals surface area contributed by atoms with Crippen molar-refractivity contribution < 1.29 is 27.2 Å². The molecule has 26 heavy (non-hydrogen) atoms. The van der Waals surface area contributed by atoms with Crippen molar-refractivity contribution in [1.29, 1.82) is 0 Å². The van der Waals surface area contributed by atoms with Crippen LogP contribution >= 0.6 is 0 Å². The van der Waals surface area contributed by atoms with Crippen molar-refractivity contribution in [3.05, 3.63) is 47.3 Å². The molecule has 0 N–H and O–H groups in total. The SMILES string of the molecule is O=C(c1cc(COc2cccc(C(F)(F)F)c2)on1)N1C[C@H]2CC[C@H]1C2. The van der Waals surface area contributed by atoms with E-state index in [0.29, 0.717) is 5.92 Å². The molecule has 0 radical (unpaired) electrons. The van der Waals surface area contributed by atoms with E-state index in [0.717, 1.165) is 31.5 Å². The smallest absolute Gasteiger partial charge is 0.416 e. The molecule has 1 aromatic heterocycles. The molecule has 138 valence electrons. The second-order valence-electron chi connectivity index (χ2n) is 6.78. The second kappa shape index (κ2) is 6.34. The van der Waals surface area contributed by atoms with Gasteiger partial charge in [-0.15, -0.1) is 0 Å². The van der Waals surface area contributed by atoms with Crippen LogP contribution in [0, 0.1) is 5.92 Å². The maximum absolute atomic E-state index is 12.7. The van der Waals surface area contributed by atoms with E-state index in [1.165, 1.54) is 24.6 Å². The Morgan fingerprint density at radius 1 is 1.31 bits per heavy atom. The van der Waals surface area contributed by atoms with Crippen molar-refractivity contribution in [2.24, 2.45) is 5.92 Å². The van der Waals surface area contributed by atoms with Gasteiger partial charge in [-0.1, -0.05) is 11.2 Å². The van der Waals surface area contributed by atoms with Gasteiger partial charge in [-0.05, 0) is 43.4 Å². The van der Waals surface area contributed by atoms with E-state index in [-0.39, 0.29) is 35.8 Å². The summed E-state index contributed by atoms with van der Waals surface area (Å²) in [7, 11) is 0. The first kappa shape index (κ1) is 16.9. The Balaban J connectivity index is 1.39. The van der Waals surface area contributed by atoms with Crippen LogP contribution in [-0.2, 0) is 12.8 Å². The Hall–Kier alpha value is -2.51. The molecular weight excluding hydrogens is 349 g/mol. The number of nitrogens with zero attached hydrogens (tertiary/aromatic N) is 2. The van der Waals surface area contributed by atoms with E-state index in [9.17, 15) is 18.0 Å². The number of carbonyl (C=O) groups is 1. The highest BCUT2D eigenvalue weighted by Crippen LogP contribution is 2.38. The lowest BCUT2D eigenvalue weighted by atomic mass is 10.1. The predicted octanol–water partition coefficient (Wildman–Crippen LogP) is 3.90. The minimum atomic E-state index is -4.43. The number of halogens is 3. The topological polar surface area (TPSA) is 55.6 Å². The first-order valence-electron chi connectivity index (χ1n) is 8.47. The summed E-state index contributed by atoms with van der Waals surface area (Å²) in [5.41, 5.74) is -0.576. The summed E-state index contributed by atoms with van der Waals surface area (Å²) in [6.07, 6.45) is -1.18. The number of likely N-dealkylation sites (tertiary alicyclic amines) is 1. The Labute approximate surface area is 147 Å². The number of hydrogen-bond donors (Lipinski definition) is 0. The molecule has 1 amide bonds. The molecule has 1 saturated heterocycles. The molecule has 2 aromatic rings. The van der Waals surface area contributed by atoms with Crippen molar-refractivity contribution in [3.63, 3.8) is 0 Å². The van der Waals surface area contributed by atoms with E-state index in [4.69, 9.17) is 9.26 Å². The molecule has 0 spiro atoms. The van der Waals surface area contributed by atoms with Gasteiger partial charge in [0.05, 0.1) is 5.56 Å². The van der Waals surface area contributed by atoms with Gasteiger partial charge in [-0.25, -0.2) is 0 Å². The van der Waals surface area contributed by atoms with Crippen LogP contribution in [0.15, 0.2) is 34.9 Å². The monoisotopic (exact) mass is 366 g/mol. The largest absolute Gasteiger partial charge is 0.486 e. The van der Waals surface area contributed by atoms with Crippen LogP contribution < -0.4 is 4.74 Å². The average Bonchev–Trinajstić information content (AvgIpc) is 3.35. The maximum Gasteiger partial charge on any atom is 0.416 e. The molecule has 2 aliphatic rings. The summed E-state index contributed by atoms with van der Waals surface area (Å²) >= 11 is 0. The second-order valence-corrected chi connectivity index (χ2v) is 6.78. The first-order chi connectivity index (χ1) is 12.4. The van der Waals surface area contributed by atoms with Gasteiger partial charge in [0.1, 0.15) is 12.4 Å². The van der Waals surface area contributed by atoms with Crippen molar-refractivity contribution in [2.75, 3.05) is 6.54 Å². The summed E-state index contributed by atoms with van der Waals surface area (Å²) in [5, 5.41) is 3.79. The Morgan fingerprint density at radius 3 is 2.85 bits per heavy atom. The van der Waals surface area contributed by atoms with Crippen molar-refractivity contribution in [3.8, 4) is 5.75 Å². The Kier molecular flexibility index (Phi) is 4.13. The third kappa shape index (κ3) is 3.27. The van der Waals surface area contributed by atoms with E-state index in [1.54, 1.807) is 0 Å². The Morgan fingerprint density at radius 2 is 2.15 bits per heavy atom. The van der Waals surface area contributed by atoms with Crippen LogP contribution in [0.4, 0.5) is 13.2 Å². The minimum Gasteiger partial charge on any atom is -0.486 e. The zero-order chi connectivity index (χ0) is 18.3. The number of alkyl halides is 3. The normalized spacial score (nSPS) is 22.0. The standard InChI is InChI=1S/C18H17F3N2O3/c19-18(20,21)12-2-1-3-14(7-12)25-10-15-8-16(22-26-15)17(24)23-9-11-4-5-13(23)6-11/h1-3,7-8,11,13H,4-6,9-10H2/t11-,13-/m0/s1. The van der Waals surface area contributed by atoms with E-state index < -0.39 is 11.7 Å². The van der Waals surface area contributed by atoms with Crippen LogP contribution in [0.5, 0.6) is 5.75 Å². The number of aromatic nitrogens is 1. The van der Waals surface area contributed by atoms with Gasteiger partial charge in [0.15, 0.2) is 11.5 Å². The lowest BCUT2D eigenvalue weighted by molar-refractivity contribution is -0.137. The summed E-state index contributed by atoms with van der Waals surface area (Å²) in [4.78, 5) is 14.4. The molecule has 8 heteroatoms. The van der Waals surface area contributed by atoms with Crippen LogP contribution in [-0.4, -0.2) is 28.6 Å². The highest BCUT2D eigenvalue weighted by Gasteiger charge is 2.41. The maximum atomic E-state index is 12.7. The summed E-state index contributed by atoms with van der Waals surface area (Å²) in [6, 6.07) is 6.37. The van der Waals surface area contributed by atoms with Crippen LogP contribution in [0.25, 0.3) is 0 Å². The van der Waals surface area contributed by atoms with Crippen molar-refractivity contribution >= 4 is 5.91 Å². The zero-order valence-corrected chi connectivity index (χ0v) is 13.8. The number of piperidine rings is 1. The first-order valence-corrected chi connectivity index (χ1v) is 8.47. The Bertz CT molecular complexity index is 818. The molecule has 2 heterocycles. The minimum absolute atomic E-state index is 0.0703. The summed E-state index contributed by atoms with van der Waals surface area (Å²) < 4.78 is 48.6. The lowest BCUT2D eigenvalue weighted by Crippen LogP contribution is -2.37. The fourth-order valence-electron chi connectivity index (χ4n) is 3.72. The van der Waals surface area contributed by atoms with Gasteiger partial charge in [-0.2, -0.15) is 13.2 Å². The van der Waals surface area contributed by atoms with Gasteiger partial charge in [0.2, 0.25) is 0 Å². The number of carbonyl (C=O) groups excluding carboxylic acids is 1. The molecule has 1 aliphatic carbocycles. The molecule has 1 aliphatic heterocycles. The van der Waals surface area contributed by atoms with E-state index in [1.807, 2.05) is 4.90 Å². The number of ether oxygens (including phenoxy) is 1. The third-order valence-corrected chi connectivity index (χ3v) is 4.99. The van der Waals surface area contributed by atoms with E-state index in [2.05, 4.69) is 5.16 Å². The zero-order valence-electron chi connectivity index (χ0n) is 13.8. The third-order valence-electron chi connectivity index (χ3n) is 4.99. The molecule has 1 aromatic carbocycles. The van der Waals surface area contributed by atoms with Gasteiger partial charge in [0, 0.05) is 18.7 Å². The fourth-order valence-corrected chi connectivity index (χ4v) is 3.72. The van der Waals surface area contributed by atoms with Crippen LogP contribution in [0.2, 0.25) is 0 Å². The highest BCUT2D eigenvalue weighted by atomic mass is 19.4. The van der Waals surface area contributed by atoms with E-state index >= 15 is 0 Å². The highest BCUT2D eigenvalue weighted by molar-refractivity contribution is 5.92. The fraction of sp³-hybridized carbons (Fsp3) is 0.444. The summed E-state index contributed by atoms with van der Waals surface area (Å²) in [5.74, 6) is 0.780. The molecule has 2 atom stereocenters. The molecular formula is C18H17F3N2O3. The predicted molar refractivity (Wildman–Crippen MR) is 84.4 cm³/mol. The number of fused-ring (bicyclic) bond motifs is 2. The van der Waals surface area contributed by atoms with Crippen molar-refractivity contribution in [1.82, 2.24) is 10.1 Å². The number of benzene rings is 1. The van der Waals surface area contributed by atoms with Crippen LogP contribution in [0.3, 0.4) is 0 Å². The van der Waals surface area contributed by atoms with Gasteiger partial charge >= 0.3 is 6.18 Å². The van der Waals surface area contributed by atoms with Crippen LogP contribution in [0.1, 0.15) is 41.1 Å². The molecule has 4 rings (SSSR count). The van der Waals surface area contributed by atoms with Gasteiger partial charge in [0.25, 0.3) is 5.91 Å². The number of hydrogen-bond acceptors (Lipinski definition) is 4. The molecule has 1 saturated carbocycles. The van der Waals surface area contributed by atoms with Gasteiger partial charge < -0.3 is 14.2 Å². The number of amides is 1. The van der Waals surface area contributed by atoms with Crippen molar-refractivity contribution in [2.45, 2.75) is 38.1 Å². The van der Waals surface area contributed by atoms with Gasteiger partial charge in [-0.3, -0.25) is 4.79 Å². The average molecular weight is 366 g/mol. The quantitative estimate of drug-likeness (QED) is 0.824. The molecule has 0 unspecified atom stereocenters. The lowest BCUT2D eigenvalue weighted by Gasteiger charge is -2.25. The molecule has 5 nitrogen and oxygen atoms in total. The molecule has 2 bridgehead atoms. The molecule has 2 fully saturated rings. The number of rotatable bonds is 4.